The van der Waals surface area contributed by atoms with Crippen LogP contribution in [0.4, 0.5) is 0 Å². The van der Waals surface area contributed by atoms with Crippen LogP contribution in [0.25, 0.3) is 0 Å². The largest absolute Gasteiger partial charge is 0.493 e. The van der Waals surface area contributed by atoms with Crippen LogP contribution < -0.4 is 0 Å². The molecule has 0 atom stereocenters. The highest BCUT2D eigenvalue weighted by atomic mass is 16.5. The van der Waals surface area contributed by atoms with Gasteiger partial charge in [0.15, 0.2) is 0 Å². The first-order valence-electron chi connectivity index (χ1n) is 4.16. The van der Waals surface area contributed by atoms with E-state index in [2.05, 4.69) is 13.2 Å². The van der Waals surface area contributed by atoms with Gasteiger partial charge in [0.1, 0.15) is 5.76 Å². The molecule has 0 spiro atoms. The molecule has 0 saturated heterocycles. The molecule has 0 aromatic heterocycles. The van der Waals surface area contributed by atoms with Gasteiger partial charge in [-0.2, -0.15) is 0 Å². The maximum absolute atomic E-state index is 5.41. The number of rotatable bonds is 3. The summed E-state index contributed by atoms with van der Waals surface area (Å²) in [6, 6.07) is 0. The fourth-order valence-corrected chi connectivity index (χ4v) is 1.20. The van der Waals surface area contributed by atoms with Crippen LogP contribution in [0.3, 0.4) is 0 Å². The van der Waals surface area contributed by atoms with Crippen molar-refractivity contribution < 1.29 is 4.74 Å². The van der Waals surface area contributed by atoms with Crippen LogP contribution in [0.2, 0.25) is 0 Å². The van der Waals surface area contributed by atoms with Crippen molar-refractivity contribution in [2.45, 2.75) is 12.8 Å². The second-order valence-corrected chi connectivity index (χ2v) is 2.64. The van der Waals surface area contributed by atoms with Crippen LogP contribution in [0.15, 0.2) is 48.8 Å². The van der Waals surface area contributed by atoms with Gasteiger partial charge in [-0.15, -0.1) is 0 Å². The molecule has 1 nitrogen and oxygen atoms in total. The van der Waals surface area contributed by atoms with Crippen molar-refractivity contribution in [2.24, 2.45) is 0 Å². The Bertz CT molecular complexity index is 233. The van der Waals surface area contributed by atoms with Gasteiger partial charge in [0.2, 0.25) is 0 Å². The second-order valence-electron chi connectivity index (χ2n) is 2.64. The Balaban J connectivity index is 2.79. The zero-order chi connectivity index (χ0) is 8.81. The summed E-state index contributed by atoms with van der Waals surface area (Å²) in [5.41, 5.74) is 1.22. The van der Waals surface area contributed by atoms with Crippen LogP contribution >= 0.6 is 0 Å². The van der Waals surface area contributed by atoms with E-state index < -0.39 is 0 Å². The minimum atomic E-state index is 0.812. The monoisotopic (exact) mass is 162 g/mol. The molecule has 1 aliphatic heterocycles. The molecule has 1 heteroatoms. The molecule has 0 fully saturated rings. The van der Waals surface area contributed by atoms with Gasteiger partial charge in [0.05, 0.1) is 6.61 Å². The summed E-state index contributed by atoms with van der Waals surface area (Å²) < 4.78 is 5.41. The lowest BCUT2D eigenvalue weighted by atomic mass is 10.1. The first-order chi connectivity index (χ1) is 5.88. The molecular formula is C11H14O. The lowest BCUT2D eigenvalue weighted by Crippen LogP contribution is -2.03. The summed E-state index contributed by atoms with van der Waals surface area (Å²) in [6.45, 7) is 8.13. The number of hydrogen-bond acceptors (Lipinski definition) is 1. The Kier molecular flexibility index (Phi) is 3.39. The van der Waals surface area contributed by atoms with E-state index in [0.717, 1.165) is 25.2 Å². The molecule has 64 valence electrons. The summed E-state index contributed by atoms with van der Waals surface area (Å²) in [4.78, 5) is 0. The third-order valence-corrected chi connectivity index (χ3v) is 1.78. The van der Waals surface area contributed by atoms with Crippen molar-refractivity contribution in [3.63, 3.8) is 0 Å². The highest BCUT2D eigenvalue weighted by Crippen LogP contribution is 2.20. The molecular weight excluding hydrogens is 148 g/mol. The molecule has 0 saturated carbocycles. The third kappa shape index (κ3) is 2.12. The van der Waals surface area contributed by atoms with Crippen molar-refractivity contribution >= 4 is 0 Å². The smallest absolute Gasteiger partial charge is 0.121 e. The van der Waals surface area contributed by atoms with Crippen LogP contribution in [0.1, 0.15) is 12.8 Å². The number of hydrogen-bond donors (Lipinski definition) is 0. The van der Waals surface area contributed by atoms with Gasteiger partial charge in [0.25, 0.3) is 0 Å². The quantitative estimate of drug-likeness (QED) is 0.580. The van der Waals surface area contributed by atoms with Gasteiger partial charge in [-0.05, 0) is 24.5 Å². The predicted molar refractivity (Wildman–Crippen MR) is 51.7 cm³/mol. The van der Waals surface area contributed by atoms with Crippen LogP contribution in [0.5, 0.6) is 0 Å². The van der Waals surface area contributed by atoms with Crippen molar-refractivity contribution in [3.05, 3.63) is 48.8 Å². The van der Waals surface area contributed by atoms with E-state index in [-0.39, 0.29) is 0 Å². The summed E-state index contributed by atoms with van der Waals surface area (Å²) in [6.07, 6.45) is 9.65. The lowest BCUT2D eigenvalue weighted by molar-refractivity contribution is 0.202. The van der Waals surface area contributed by atoms with Crippen molar-refractivity contribution in [2.75, 3.05) is 6.61 Å². The maximum atomic E-state index is 5.41. The van der Waals surface area contributed by atoms with E-state index in [0.29, 0.717) is 0 Å². The standard InChI is InChI=1S/C11H14O/c1-3-5-7-10-8-6-9-12-11(10)4-2/h3-5,7H,1-2,6,8-9H2/b7-5-. The zero-order valence-electron chi connectivity index (χ0n) is 7.25. The van der Waals surface area contributed by atoms with Crippen LogP contribution in [0, 0.1) is 0 Å². The highest BCUT2D eigenvalue weighted by molar-refractivity contribution is 5.30. The molecule has 1 aliphatic rings. The molecule has 0 radical (unpaired) electrons. The van der Waals surface area contributed by atoms with E-state index in [9.17, 15) is 0 Å². The summed E-state index contributed by atoms with van der Waals surface area (Å²) in [5.74, 6) is 0.916. The van der Waals surface area contributed by atoms with Gasteiger partial charge in [-0.3, -0.25) is 0 Å². The third-order valence-electron chi connectivity index (χ3n) is 1.78. The van der Waals surface area contributed by atoms with Gasteiger partial charge < -0.3 is 4.74 Å². The molecule has 0 N–H and O–H groups in total. The first kappa shape index (κ1) is 8.85. The minimum absolute atomic E-state index is 0.812. The Labute approximate surface area is 73.7 Å². The van der Waals surface area contributed by atoms with E-state index >= 15 is 0 Å². The Morgan fingerprint density at radius 3 is 2.83 bits per heavy atom. The fraction of sp³-hybridized carbons (Fsp3) is 0.273. The normalized spacial score (nSPS) is 17.7. The summed E-state index contributed by atoms with van der Waals surface area (Å²) in [7, 11) is 0. The average Bonchev–Trinajstić information content (AvgIpc) is 2.15. The molecule has 0 aliphatic carbocycles. The average molecular weight is 162 g/mol. The molecule has 1 heterocycles. The number of ether oxygens (including phenoxy) is 1. The fourth-order valence-electron chi connectivity index (χ4n) is 1.20. The molecule has 0 amide bonds. The maximum Gasteiger partial charge on any atom is 0.121 e. The van der Waals surface area contributed by atoms with E-state index in [1.807, 2.05) is 12.2 Å². The molecule has 0 bridgehead atoms. The summed E-state index contributed by atoms with van der Waals surface area (Å²) >= 11 is 0. The molecule has 0 unspecified atom stereocenters. The second kappa shape index (κ2) is 4.60. The molecule has 12 heavy (non-hydrogen) atoms. The number of allylic oxidation sites excluding steroid dienone is 5. The minimum Gasteiger partial charge on any atom is -0.493 e. The SMILES string of the molecule is C=C/C=C\C1=C(C=C)OCCC1. The lowest BCUT2D eigenvalue weighted by Gasteiger charge is -2.16. The van der Waals surface area contributed by atoms with Crippen LogP contribution in [-0.2, 0) is 4.74 Å². The molecule has 1 rings (SSSR count). The zero-order valence-corrected chi connectivity index (χ0v) is 7.25. The van der Waals surface area contributed by atoms with E-state index in [1.54, 1.807) is 12.2 Å². The van der Waals surface area contributed by atoms with E-state index in [1.165, 1.54) is 5.57 Å². The van der Waals surface area contributed by atoms with E-state index in [4.69, 9.17) is 4.74 Å². The Hall–Kier alpha value is -1.24. The van der Waals surface area contributed by atoms with Gasteiger partial charge in [-0.25, -0.2) is 0 Å². The topological polar surface area (TPSA) is 9.23 Å². The van der Waals surface area contributed by atoms with Crippen LogP contribution in [-0.4, -0.2) is 6.61 Å². The van der Waals surface area contributed by atoms with Crippen molar-refractivity contribution in [1.29, 1.82) is 0 Å². The van der Waals surface area contributed by atoms with Gasteiger partial charge in [0, 0.05) is 0 Å². The molecule has 0 aromatic rings. The Morgan fingerprint density at radius 2 is 2.17 bits per heavy atom. The first-order valence-corrected chi connectivity index (χ1v) is 4.16. The van der Waals surface area contributed by atoms with Gasteiger partial charge >= 0.3 is 0 Å². The molecule has 0 aromatic carbocycles. The van der Waals surface area contributed by atoms with Gasteiger partial charge in [-0.1, -0.05) is 31.4 Å². The van der Waals surface area contributed by atoms with Crippen molar-refractivity contribution in [3.8, 4) is 0 Å². The highest BCUT2D eigenvalue weighted by Gasteiger charge is 2.07. The summed E-state index contributed by atoms with van der Waals surface area (Å²) in [5, 5.41) is 0. The Morgan fingerprint density at radius 1 is 1.33 bits per heavy atom. The van der Waals surface area contributed by atoms with Crippen molar-refractivity contribution in [1.82, 2.24) is 0 Å². The predicted octanol–water partition coefficient (Wildman–Crippen LogP) is 2.98.